The molecule has 9 heteroatoms. The quantitative estimate of drug-likeness (QED) is 0.0323. The molecule has 0 saturated heterocycles. The molecule has 16 fully saturated rings. The van der Waals surface area contributed by atoms with E-state index in [9.17, 15) is 22.4 Å². The van der Waals surface area contributed by atoms with E-state index in [1.54, 1.807) is 38.5 Å². The first-order valence-electron chi connectivity index (χ1n) is 60.8. The number of carbonyl (C=O) groups excluding carboxylic acids is 1. The van der Waals surface area contributed by atoms with Crippen LogP contribution in [-0.2, 0) is 14.3 Å². The van der Waals surface area contributed by atoms with E-state index in [1.165, 1.54) is 283 Å². The van der Waals surface area contributed by atoms with Crippen LogP contribution in [-0.4, -0.2) is 36.7 Å². The summed E-state index contributed by atoms with van der Waals surface area (Å²) in [5, 5.41) is 8.56. The van der Waals surface area contributed by atoms with E-state index in [4.69, 9.17) is 9.47 Å². The van der Waals surface area contributed by atoms with Gasteiger partial charge in [-0.15, -0.1) is 0 Å². The highest BCUT2D eigenvalue weighted by Gasteiger charge is 2.45. The Morgan fingerprint density at radius 3 is 0.756 bits per heavy atom. The lowest BCUT2D eigenvalue weighted by Crippen LogP contribution is -2.38. The summed E-state index contributed by atoms with van der Waals surface area (Å²) >= 11 is 0. The van der Waals surface area contributed by atoms with Gasteiger partial charge in [0.25, 0.3) is 0 Å². The minimum absolute atomic E-state index is 0.0939. The molecule has 135 heavy (non-hydrogen) atoms. The number of esters is 1. The molecule has 0 radical (unpaired) electrons. The molecule has 16 aliphatic carbocycles. The minimum atomic E-state index is -2.90. The van der Waals surface area contributed by atoms with E-state index in [1.807, 2.05) is 0 Å². The van der Waals surface area contributed by atoms with Crippen molar-refractivity contribution in [3.05, 3.63) is 11.7 Å². The highest BCUT2D eigenvalue weighted by molar-refractivity contribution is 5.72. The smallest absolute Gasteiger partial charge is 0.358 e. The average Bonchev–Trinajstić information content (AvgIpc) is 0.829. The summed E-state index contributed by atoms with van der Waals surface area (Å²) in [6.45, 7) is 37.4. The van der Waals surface area contributed by atoms with Crippen molar-refractivity contribution in [1.82, 2.24) is 0 Å². The molecular formula is C126H222F4N2O3. The topological polar surface area (TPSA) is 60.2 Å². The third-order valence-corrected chi connectivity index (χ3v) is 39.4. The van der Waals surface area contributed by atoms with Gasteiger partial charge in [0.1, 0.15) is 17.8 Å². The summed E-state index contributed by atoms with van der Waals surface area (Å²) < 4.78 is 67.4. The van der Waals surface area contributed by atoms with Gasteiger partial charge in [-0.05, 0) is 360 Å². The molecule has 0 atom stereocenters. The Balaban J connectivity index is 0.000000173. The molecule has 782 valence electrons. The van der Waals surface area contributed by atoms with Crippen molar-refractivity contribution in [3.8, 4) is 11.8 Å². The third-order valence-electron chi connectivity index (χ3n) is 39.4. The van der Waals surface area contributed by atoms with Gasteiger partial charge in [0, 0.05) is 36.1 Å². The second-order valence-corrected chi connectivity index (χ2v) is 52.6. The second-order valence-electron chi connectivity index (χ2n) is 52.6. The van der Waals surface area contributed by atoms with Crippen LogP contribution in [0.2, 0.25) is 0 Å². The fourth-order valence-corrected chi connectivity index (χ4v) is 27.3. The fourth-order valence-electron chi connectivity index (χ4n) is 27.3. The lowest BCUT2D eigenvalue weighted by atomic mass is 9.70. The van der Waals surface area contributed by atoms with Crippen molar-refractivity contribution >= 4 is 18.4 Å². The zero-order valence-corrected chi connectivity index (χ0v) is 91.8. The van der Waals surface area contributed by atoms with E-state index in [0.717, 1.165) is 234 Å². The average molecular weight is 1890 g/mol. The number of unbranched alkanes of at least 4 members (excludes halogenated alkanes) is 1. The molecule has 0 unspecified atom stereocenters. The number of hydrogen-bond acceptors (Lipinski definition) is 5. The molecular weight excluding hydrogens is 1670 g/mol. The molecule has 0 amide bonds. The van der Waals surface area contributed by atoms with E-state index in [2.05, 4.69) is 145 Å². The van der Waals surface area contributed by atoms with Crippen LogP contribution in [0.3, 0.4) is 0 Å². The number of nitrogens with zero attached hydrogens (tertiary/aromatic N) is 2. The van der Waals surface area contributed by atoms with Gasteiger partial charge in [-0.1, -0.05) is 354 Å². The fraction of sp³-hybridized carbons (Fsp3) is 0.944. The van der Waals surface area contributed by atoms with Crippen LogP contribution in [0, 0.1) is 189 Å². The maximum Gasteiger partial charge on any atom is 0.358 e. The maximum absolute atomic E-state index is 14.2. The number of carbonyl (C=O) groups is 1. The molecule has 0 heterocycles. The highest BCUT2D eigenvalue weighted by atomic mass is 19.3. The van der Waals surface area contributed by atoms with Crippen LogP contribution in [0.25, 0.3) is 0 Å². The van der Waals surface area contributed by atoms with Crippen LogP contribution < -0.4 is 0 Å². The number of allylic oxidation sites excluding steroid dienone is 2. The molecule has 0 bridgehead atoms. The number of halogens is 4. The molecule has 0 aromatic carbocycles. The lowest BCUT2D eigenvalue weighted by Gasteiger charge is -2.36. The van der Waals surface area contributed by atoms with Crippen LogP contribution in [0.5, 0.6) is 0 Å². The Morgan fingerprint density at radius 1 is 0.259 bits per heavy atom. The lowest BCUT2D eigenvalue weighted by molar-refractivity contribution is -0.301. The first-order chi connectivity index (χ1) is 64.9. The van der Waals surface area contributed by atoms with Gasteiger partial charge in [0.2, 0.25) is 0 Å². The van der Waals surface area contributed by atoms with Crippen LogP contribution in [0.4, 0.5) is 17.6 Å². The Bertz CT molecular complexity index is 2980. The zero-order chi connectivity index (χ0) is 96.9. The Kier molecular flexibility index (Phi) is 55.7. The highest BCUT2D eigenvalue weighted by Crippen LogP contribution is 2.47. The van der Waals surface area contributed by atoms with Gasteiger partial charge in [0.05, 0.1) is 17.9 Å². The van der Waals surface area contributed by atoms with Gasteiger partial charge in [-0.2, -0.15) is 19.0 Å². The maximum atomic E-state index is 14.2. The molecule has 0 aromatic rings. The number of ether oxygens (including phenoxy) is 2. The molecule has 0 aromatic heterocycles. The van der Waals surface area contributed by atoms with Crippen molar-refractivity contribution < 1.29 is 31.8 Å². The molecule has 0 aliphatic heterocycles. The van der Waals surface area contributed by atoms with Crippen molar-refractivity contribution in [3.63, 3.8) is 0 Å². The first kappa shape index (κ1) is 116. The van der Waals surface area contributed by atoms with Gasteiger partial charge < -0.3 is 9.47 Å². The summed E-state index contributed by atoms with van der Waals surface area (Å²) in [5.74, 6) is 29.4. The normalized spacial score (nSPS) is 39.7. The van der Waals surface area contributed by atoms with Crippen molar-refractivity contribution in [1.29, 1.82) is 0 Å². The molecule has 5 nitrogen and oxygen atoms in total. The molecule has 0 spiro atoms. The summed E-state index contributed by atoms with van der Waals surface area (Å²) in [7, 11) is 0. The summed E-state index contributed by atoms with van der Waals surface area (Å²) in [6, 6.07) is 0. The Hall–Kier alpha value is -2.21. The predicted molar refractivity (Wildman–Crippen MR) is 572 cm³/mol. The summed E-state index contributed by atoms with van der Waals surface area (Å²) in [6.07, 6.45) is 92.1. The summed E-state index contributed by atoms with van der Waals surface area (Å²) in [5.41, 5.74) is 0. The minimum Gasteiger partial charge on any atom is -0.462 e. The van der Waals surface area contributed by atoms with Gasteiger partial charge in [-0.25, -0.2) is 8.78 Å². The van der Waals surface area contributed by atoms with Crippen LogP contribution in [0.1, 0.15) is 560 Å². The van der Waals surface area contributed by atoms with Crippen LogP contribution in [0.15, 0.2) is 21.9 Å². The predicted octanol–water partition coefficient (Wildman–Crippen LogP) is 40.3. The second kappa shape index (κ2) is 64.6. The third kappa shape index (κ3) is 47.2. The Morgan fingerprint density at radius 2 is 0.474 bits per heavy atom. The Labute approximate surface area is 834 Å². The SMILES string of the molecule is CC1CCC(/C(F)=C(\F)C2CCC(C)CC2)CC1.CC1CCC(/C=N/N=C/C2CCC(C)CC2)CC1.CC1CCC(C#CC2CCC(C)CC2)CC1.CC1CCC(C2CCC(C)CC2)CC1.CC1CCC(CCC2CCC(C)CC2)CC1.CC1CCC(CCCCC2CCC(C)CC2)CC1.CC1CCC(OC(=O)C2CCC(C)CC2)CC1.CC1CCC(OC(F)(F)C2CCC(C)CC2)CC1. The monoisotopic (exact) mass is 1890 g/mol. The van der Waals surface area contributed by atoms with E-state index < -0.39 is 23.7 Å². The van der Waals surface area contributed by atoms with E-state index in [-0.39, 0.29) is 35.9 Å². The van der Waals surface area contributed by atoms with Crippen molar-refractivity contribution in [2.24, 2.45) is 188 Å². The standard InChI is InChI=1S/C18H34.C16H26F2.C16H28N2.C16H30.C16H26.C15H26F2O.C15H26O2.C14H26/c1-15-7-11-17(12-8-15)5-3-4-6-18-13-9-16(2)10-14-18;1-11-3-7-13(8-4-11)15(17)16(18)14-9-5-12(2)6-10-14;1-13-3-7-15(8-4-13)11-17-18-12-16-9-5-14(2)6-10-16;2*1-13-3-7-15(8-4-13)11-12-16-9-5-14(2)6-10-16;1-11-3-7-13(8-4-11)15(16,17)18-14-9-5-12(2)6-10-14;1-11-3-7-13(8-4-11)15(16)17-14-9-5-12(2)6-10-14;1-11-3-7-13(8-4-11)14-9-5-12(2)6-10-14/h15-18H,3-14H2,1-2H3;11-14H,3-10H2,1-2H3;11-16H,3-10H2,1-2H3;13-16H,3-12H2,1-2H3;13-16H,3-10H2,1-2H3;11-14H,3-10H2,1-2H3;11-14H,3-10H2,1-2H3;11-14H,3-10H2,1-2H3/b;16-15+;17-11+,18-12+;;;;;. The van der Waals surface area contributed by atoms with Crippen molar-refractivity contribution in [2.45, 2.75) is 579 Å². The number of hydrogen-bond donors (Lipinski definition) is 0. The molecule has 16 saturated carbocycles. The number of rotatable bonds is 19. The zero-order valence-electron chi connectivity index (χ0n) is 91.8. The van der Waals surface area contributed by atoms with Gasteiger partial charge in [0.15, 0.2) is 0 Å². The number of alkyl halides is 2. The van der Waals surface area contributed by atoms with Gasteiger partial charge in [-0.3, -0.25) is 4.79 Å². The first-order valence-corrected chi connectivity index (χ1v) is 60.8. The molecule has 0 N–H and O–H groups in total. The summed E-state index contributed by atoms with van der Waals surface area (Å²) in [4.78, 5) is 12.0. The van der Waals surface area contributed by atoms with Crippen molar-refractivity contribution in [2.75, 3.05) is 0 Å². The van der Waals surface area contributed by atoms with E-state index in [0.29, 0.717) is 48.3 Å². The van der Waals surface area contributed by atoms with Crippen LogP contribution >= 0.6 is 0 Å². The molecule has 16 aliphatic rings. The van der Waals surface area contributed by atoms with E-state index >= 15 is 0 Å². The molecule has 16 rings (SSSR count). The largest absolute Gasteiger partial charge is 0.462 e. The van der Waals surface area contributed by atoms with Gasteiger partial charge >= 0.3 is 12.1 Å².